The van der Waals surface area contributed by atoms with Gasteiger partial charge in [0.15, 0.2) is 5.82 Å². The number of nitrogen functional groups attached to an aromatic ring is 1. The molecule has 2 aromatic heterocycles. The Bertz CT molecular complexity index is 442. The fourth-order valence-corrected chi connectivity index (χ4v) is 2.00. The molecule has 0 aliphatic carbocycles. The molecule has 84 valence electrons. The lowest BCUT2D eigenvalue weighted by atomic mass is 10.2. The average Bonchev–Trinajstić information content (AvgIpc) is 2.81. The Labute approximate surface area is 97.8 Å². The second-order valence-corrected chi connectivity index (χ2v) is 4.41. The van der Waals surface area contributed by atoms with Crippen molar-refractivity contribution in [3.63, 3.8) is 0 Å². The SMILES string of the molecule is CC(CNc1ncncc1N)c1nccs1. The summed E-state index contributed by atoms with van der Waals surface area (Å²) in [6, 6.07) is 0. The number of nitrogens with one attached hydrogen (secondary N) is 1. The van der Waals surface area contributed by atoms with Gasteiger partial charge in [-0.15, -0.1) is 11.3 Å². The first-order valence-corrected chi connectivity index (χ1v) is 5.84. The first-order valence-electron chi connectivity index (χ1n) is 4.96. The van der Waals surface area contributed by atoms with Crippen molar-refractivity contribution in [3.05, 3.63) is 29.1 Å². The van der Waals surface area contributed by atoms with E-state index in [1.165, 1.54) is 6.33 Å². The normalized spacial score (nSPS) is 12.3. The average molecular weight is 235 g/mol. The third-order valence-electron chi connectivity index (χ3n) is 2.19. The highest BCUT2D eigenvalue weighted by Gasteiger charge is 2.08. The summed E-state index contributed by atoms with van der Waals surface area (Å²) in [4.78, 5) is 12.2. The zero-order valence-electron chi connectivity index (χ0n) is 8.92. The molecule has 0 amide bonds. The van der Waals surface area contributed by atoms with E-state index in [2.05, 4.69) is 27.2 Å². The zero-order chi connectivity index (χ0) is 11.4. The number of anilines is 2. The van der Waals surface area contributed by atoms with E-state index in [0.717, 1.165) is 11.6 Å². The molecule has 0 saturated carbocycles. The smallest absolute Gasteiger partial charge is 0.152 e. The van der Waals surface area contributed by atoms with Crippen molar-refractivity contribution in [2.24, 2.45) is 0 Å². The molecular weight excluding hydrogens is 222 g/mol. The number of nitrogens with zero attached hydrogens (tertiary/aromatic N) is 3. The lowest BCUT2D eigenvalue weighted by molar-refractivity contribution is 0.791. The van der Waals surface area contributed by atoms with Gasteiger partial charge in [0.05, 0.1) is 16.9 Å². The minimum atomic E-state index is 0.342. The molecule has 0 bridgehead atoms. The van der Waals surface area contributed by atoms with Crippen molar-refractivity contribution < 1.29 is 0 Å². The molecule has 2 rings (SSSR count). The molecule has 2 heterocycles. The van der Waals surface area contributed by atoms with E-state index in [4.69, 9.17) is 5.73 Å². The third kappa shape index (κ3) is 2.46. The van der Waals surface area contributed by atoms with Crippen LogP contribution in [0.2, 0.25) is 0 Å². The molecule has 0 aromatic carbocycles. The molecule has 2 aromatic rings. The van der Waals surface area contributed by atoms with Crippen molar-refractivity contribution in [2.75, 3.05) is 17.6 Å². The second-order valence-electron chi connectivity index (χ2n) is 3.48. The van der Waals surface area contributed by atoms with Gasteiger partial charge in [-0.05, 0) is 0 Å². The summed E-state index contributed by atoms with van der Waals surface area (Å²) in [6.45, 7) is 2.87. The molecule has 0 aliphatic heterocycles. The van der Waals surface area contributed by atoms with Crippen LogP contribution < -0.4 is 11.1 Å². The molecule has 0 saturated heterocycles. The number of aromatic nitrogens is 3. The van der Waals surface area contributed by atoms with Gasteiger partial charge in [-0.2, -0.15) is 0 Å². The molecule has 6 heteroatoms. The number of nitrogens with two attached hydrogens (primary N) is 1. The third-order valence-corrected chi connectivity index (χ3v) is 3.20. The van der Waals surface area contributed by atoms with Crippen LogP contribution in [0.3, 0.4) is 0 Å². The Hall–Kier alpha value is -1.69. The summed E-state index contributed by atoms with van der Waals surface area (Å²) in [5.41, 5.74) is 6.29. The highest BCUT2D eigenvalue weighted by molar-refractivity contribution is 7.09. The Kier molecular flexibility index (Phi) is 3.31. The molecule has 0 aliphatic rings. The molecule has 0 spiro atoms. The first-order chi connectivity index (χ1) is 7.77. The molecule has 0 fully saturated rings. The van der Waals surface area contributed by atoms with Gasteiger partial charge in [0, 0.05) is 24.0 Å². The zero-order valence-corrected chi connectivity index (χ0v) is 9.74. The van der Waals surface area contributed by atoms with Gasteiger partial charge in [-0.3, -0.25) is 0 Å². The van der Waals surface area contributed by atoms with Gasteiger partial charge in [-0.25, -0.2) is 15.0 Å². The van der Waals surface area contributed by atoms with Crippen molar-refractivity contribution >= 4 is 22.8 Å². The topological polar surface area (TPSA) is 76.7 Å². The summed E-state index contributed by atoms with van der Waals surface area (Å²) < 4.78 is 0. The van der Waals surface area contributed by atoms with Gasteiger partial charge in [-0.1, -0.05) is 6.92 Å². The standard InChI is InChI=1S/C10H13N5S/c1-7(10-13-2-3-16-10)4-14-9-8(11)5-12-6-15-9/h2-3,5-7H,4,11H2,1H3,(H,12,14,15). The van der Waals surface area contributed by atoms with Crippen LogP contribution >= 0.6 is 11.3 Å². The van der Waals surface area contributed by atoms with Gasteiger partial charge >= 0.3 is 0 Å². The van der Waals surface area contributed by atoms with Gasteiger partial charge in [0.1, 0.15) is 6.33 Å². The first kappa shape index (κ1) is 10.8. The number of hydrogen-bond acceptors (Lipinski definition) is 6. The maximum Gasteiger partial charge on any atom is 0.152 e. The molecular formula is C10H13N5S. The fourth-order valence-electron chi connectivity index (χ4n) is 1.30. The Morgan fingerprint density at radius 2 is 2.38 bits per heavy atom. The minimum Gasteiger partial charge on any atom is -0.394 e. The lowest BCUT2D eigenvalue weighted by Gasteiger charge is -2.11. The van der Waals surface area contributed by atoms with Crippen molar-refractivity contribution in [3.8, 4) is 0 Å². The van der Waals surface area contributed by atoms with Crippen LogP contribution in [-0.2, 0) is 0 Å². The van der Waals surface area contributed by atoms with Crippen LogP contribution in [0.1, 0.15) is 17.8 Å². The molecule has 16 heavy (non-hydrogen) atoms. The predicted molar refractivity (Wildman–Crippen MR) is 65.5 cm³/mol. The van der Waals surface area contributed by atoms with Gasteiger partial charge in [0.2, 0.25) is 0 Å². The summed E-state index contributed by atoms with van der Waals surface area (Å²) in [7, 11) is 0. The number of hydrogen-bond donors (Lipinski definition) is 2. The highest BCUT2D eigenvalue weighted by atomic mass is 32.1. The van der Waals surface area contributed by atoms with E-state index in [-0.39, 0.29) is 0 Å². The Morgan fingerprint density at radius 3 is 3.06 bits per heavy atom. The van der Waals surface area contributed by atoms with E-state index in [1.807, 2.05) is 11.6 Å². The van der Waals surface area contributed by atoms with Crippen LogP contribution in [0.4, 0.5) is 11.5 Å². The van der Waals surface area contributed by atoms with E-state index < -0.39 is 0 Å². The van der Waals surface area contributed by atoms with Crippen molar-refractivity contribution in [1.82, 2.24) is 15.0 Å². The van der Waals surface area contributed by atoms with Crippen LogP contribution in [0.15, 0.2) is 24.1 Å². The summed E-state index contributed by atoms with van der Waals surface area (Å²) in [6.07, 6.45) is 4.88. The minimum absolute atomic E-state index is 0.342. The molecule has 1 unspecified atom stereocenters. The lowest BCUT2D eigenvalue weighted by Crippen LogP contribution is -2.12. The number of rotatable bonds is 4. The van der Waals surface area contributed by atoms with Crippen LogP contribution in [0.25, 0.3) is 0 Å². The summed E-state index contributed by atoms with van der Waals surface area (Å²) >= 11 is 1.66. The molecule has 3 N–H and O–H groups in total. The van der Waals surface area contributed by atoms with E-state index in [1.54, 1.807) is 17.5 Å². The highest BCUT2D eigenvalue weighted by Crippen LogP contribution is 2.19. The summed E-state index contributed by atoms with van der Waals surface area (Å²) in [5.74, 6) is 1.02. The maximum atomic E-state index is 5.72. The predicted octanol–water partition coefficient (Wildman–Crippen LogP) is 1.73. The van der Waals surface area contributed by atoms with Crippen molar-refractivity contribution in [1.29, 1.82) is 0 Å². The molecule has 1 atom stereocenters. The van der Waals surface area contributed by atoms with Crippen LogP contribution in [0, 0.1) is 0 Å². The van der Waals surface area contributed by atoms with E-state index in [0.29, 0.717) is 17.4 Å². The monoisotopic (exact) mass is 235 g/mol. The summed E-state index contributed by atoms with van der Waals surface area (Å²) in [5, 5.41) is 6.28. The quantitative estimate of drug-likeness (QED) is 0.844. The van der Waals surface area contributed by atoms with Crippen LogP contribution in [-0.4, -0.2) is 21.5 Å². The number of thiazole rings is 1. The Balaban J connectivity index is 1.95. The second kappa shape index (κ2) is 4.89. The van der Waals surface area contributed by atoms with Crippen molar-refractivity contribution in [2.45, 2.75) is 12.8 Å². The molecule has 5 nitrogen and oxygen atoms in total. The Morgan fingerprint density at radius 1 is 1.50 bits per heavy atom. The fraction of sp³-hybridized carbons (Fsp3) is 0.300. The van der Waals surface area contributed by atoms with Gasteiger partial charge in [0.25, 0.3) is 0 Å². The van der Waals surface area contributed by atoms with Gasteiger partial charge < -0.3 is 11.1 Å². The maximum absolute atomic E-state index is 5.72. The van der Waals surface area contributed by atoms with E-state index in [9.17, 15) is 0 Å². The molecule has 0 radical (unpaired) electrons. The van der Waals surface area contributed by atoms with E-state index >= 15 is 0 Å². The largest absolute Gasteiger partial charge is 0.394 e. The van der Waals surface area contributed by atoms with Crippen LogP contribution in [0.5, 0.6) is 0 Å².